The molecule has 1 aromatic heterocycles. The Kier molecular flexibility index (Phi) is 8.19. The smallest absolute Gasteiger partial charge is 0.323 e. The van der Waals surface area contributed by atoms with Gasteiger partial charge in [-0.15, -0.1) is 0 Å². The summed E-state index contributed by atoms with van der Waals surface area (Å²) < 4.78 is 60.6. The first-order chi connectivity index (χ1) is 19.9. The molecule has 2 aromatic rings. The summed E-state index contributed by atoms with van der Waals surface area (Å²) in [5.41, 5.74) is 3.51. The summed E-state index contributed by atoms with van der Waals surface area (Å²) in [6.45, 7) is 3.03. The van der Waals surface area contributed by atoms with Crippen LogP contribution in [0.1, 0.15) is 55.8 Å². The molecule has 5 rings (SSSR count). The number of pyridine rings is 1. The van der Waals surface area contributed by atoms with Crippen LogP contribution in [0.3, 0.4) is 0 Å². The van der Waals surface area contributed by atoms with Crippen molar-refractivity contribution in [3.8, 4) is 0 Å². The number of anilines is 3. The van der Waals surface area contributed by atoms with Gasteiger partial charge in [0.1, 0.15) is 5.69 Å². The topological polar surface area (TPSA) is 130 Å². The largest absolute Gasteiger partial charge is 0.465 e. The van der Waals surface area contributed by atoms with Crippen molar-refractivity contribution >= 4 is 39.0 Å². The maximum atomic E-state index is 13.6. The standard InChI is InChI=1S/C28H35F2N5O6S/c1-2-41-24(36)19-42(39,40)32-20-5-6-21(23(18-20)34-14-9-27(7-8-27)10-15-34)25(37)31-35-13-3-4-22(26(35)38)33-16-11-28(29,30)12-17-33/h3-6,13,18,32H,2,7-12,14-17,19H2,1H3,(H,31,37). The Morgan fingerprint density at radius 2 is 1.60 bits per heavy atom. The lowest BCUT2D eigenvalue weighted by Crippen LogP contribution is -2.43. The fourth-order valence-corrected chi connectivity index (χ4v) is 6.53. The zero-order chi connectivity index (χ0) is 30.1. The van der Waals surface area contributed by atoms with Crippen LogP contribution in [0, 0.1) is 5.41 Å². The van der Waals surface area contributed by atoms with Gasteiger partial charge in [-0.3, -0.25) is 24.5 Å². The number of rotatable bonds is 9. The average Bonchev–Trinajstić information content (AvgIpc) is 3.68. The number of esters is 1. The molecule has 228 valence electrons. The number of amides is 1. The highest BCUT2D eigenvalue weighted by Crippen LogP contribution is 2.54. The number of hydrogen-bond acceptors (Lipinski definition) is 8. The zero-order valence-corrected chi connectivity index (χ0v) is 24.2. The van der Waals surface area contributed by atoms with E-state index in [1.165, 1.54) is 31.2 Å². The van der Waals surface area contributed by atoms with Crippen molar-refractivity contribution in [1.82, 2.24) is 4.68 Å². The lowest BCUT2D eigenvalue weighted by atomic mass is 9.93. The molecule has 1 spiro atoms. The number of ether oxygens (including phenoxy) is 1. The lowest BCUT2D eigenvalue weighted by molar-refractivity contribution is -0.139. The van der Waals surface area contributed by atoms with E-state index >= 15 is 0 Å². The molecular weight excluding hydrogens is 572 g/mol. The summed E-state index contributed by atoms with van der Waals surface area (Å²) in [5, 5.41) is 0. The number of piperidine rings is 2. The summed E-state index contributed by atoms with van der Waals surface area (Å²) in [4.78, 5) is 42.1. The Morgan fingerprint density at radius 3 is 2.24 bits per heavy atom. The summed E-state index contributed by atoms with van der Waals surface area (Å²) in [5.74, 6) is -5.08. The lowest BCUT2D eigenvalue weighted by Gasteiger charge is -2.35. The van der Waals surface area contributed by atoms with Crippen LogP contribution in [-0.4, -0.2) is 69.4 Å². The Hall–Kier alpha value is -3.68. The predicted octanol–water partition coefficient (Wildman–Crippen LogP) is 3.15. The van der Waals surface area contributed by atoms with Crippen molar-refractivity contribution in [1.29, 1.82) is 0 Å². The number of halogens is 2. The molecule has 3 fully saturated rings. The number of carbonyl (C=O) groups excluding carboxylic acids is 2. The third-order valence-electron chi connectivity index (χ3n) is 8.24. The Balaban J connectivity index is 1.38. The van der Waals surface area contributed by atoms with Crippen molar-refractivity contribution < 1.29 is 31.5 Å². The Labute approximate surface area is 242 Å². The van der Waals surface area contributed by atoms with Crippen molar-refractivity contribution in [2.24, 2.45) is 5.41 Å². The third kappa shape index (κ3) is 6.85. The van der Waals surface area contributed by atoms with E-state index in [1.807, 2.05) is 4.90 Å². The van der Waals surface area contributed by atoms with Crippen molar-refractivity contribution in [3.63, 3.8) is 0 Å². The zero-order valence-electron chi connectivity index (χ0n) is 23.4. The molecular formula is C28H35F2N5O6S. The molecule has 2 saturated heterocycles. The quantitative estimate of drug-likeness (QED) is 0.416. The predicted molar refractivity (Wildman–Crippen MR) is 154 cm³/mol. The molecule has 0 atom stereocenters. The number of sulfonamides is 1. The van der Waals surface area contributed by atoms with E-state index in [2.05, 4.69) is 10.1 Å². The number of benzene rings is 1. The van der Waals surface area contributed by atoms with Gasteiger partial charge in [0.15, 0.2) is 5.75 Å². The number of aromatic nitrogens is 1. The molecule has 3 heterocycles. The SMILES string of the molecule is CCOC(=O)CS(=O)(=O)Nc1ccc(C(=O)Nn2cccc(N3CCC(F)(F)CC3)c2=O)c(N2CCC3(CC2)CC3)c1. The van der Waals surface area contributed by atoms with E-state index in [1.54, 1.807) is 30.0 Å². The van der Waals surface area contributed by atoms with Crippen LogP contribution in [-0.2, 0) is 19.6 Å². The van der Waals surface area contributed by atoms with Crippen LogP contribution in [0.15, 0.2) is 41.3 Å². The monoisotopic (exact) mass is 607 g/mol. The number of carbonyl (C=O) groups is 2. The minimum absolute atomic E-state index is 0.0222. The number of nitrogens with zero attached hydrogens (tertiary/aromatic N) is 3. The summed E-state index contributed by atoms with van der Waals surface area (Å²) >= 11 is 0. The number of alkyl halides is 2. The van der Waals surface area contributed by atoms with Gasteiger partial charge in [-0.05, 0) is 68.4 Å². The molecule has 42 heavy (non-hydrogen) atoms. The minimum atomic E-state index is -4.06. The van der Waals surface area contributed by atoms with Gasteiger partial charge >= 0.3 is 5.97 Å². The molecule has 14 heteroatoms. The third-order valence-corrected chi connectivity index (χ3v) is 9.40. The van der Waals surface area contributed by atoms with Gasteiger partial charge in [0.2, 0.25) is 10.0 Å². The Morgan fingerprint density at radius 1 is 0.952 bits per heavy atom. The van der Waals surface area contributed by atoms with Gasteiger partial charge in [0.05, 0.1) is 23.5 Å². The molecule has 0 bridgehead atoms. The molecule has 1 amide bonds. The second-order valence-electron chi connectivity index (χ2n) is 11.2. The minimum Gasteiger partial charge on any atom is -0.465 e. The van der Waals surface area contributed by atoms with Crippen LogP contribution in [0.4, 0.5) is 25.8 Å². The highest BCUT2D eigenvalue weighted by molar-refractivity contribution is 7.93. The van der Waals surface area contributed by atoms with Crippen LogP contribution >= 0.6 is 0 Å². The van der Waals surface area contributed by atoms with Crippen LogP contribution in [0.5, 0.6) is 0 Å². The van der Waals surface area contributed by atoms with Gasteiger partial charge in [-0.25, -0.2) is 21.9 Å². The summed E-state index contributed by atoms with van der Waals surface area (Å²) in [6, 6.07) is 7.54. The second kappa shape index (κ2) is 11.5. The molecule has 2 aliphatic heterocycles. The van der Waals surface area contributed by atoms with E-state index in [0.717, 1.165) is 17.5 Å². The van der Waals surface area contributed by atoms with Crippen LogP contribution < -0.4 is 25.5 Å². The van der Waals surface area contributed by atoms with Crippen molar-refractivity contribution in [2.75, 3.05) is 58.5 Å². The van der Waals surface area contributed by atoms with E-state index in [9.17, 15) is 31.6 Å². The molecule has 0 unspecified atom stereocenters. The van der Waals surface area contributed by atoms with Gasteiger partial charge in [0, 0.05) is 45.2 Å². The van der Waals surface area contributed by atoms with Crippen molar-refractivity contribution in [2.45, 2.75) is 51.4 Å². The molecule has 3 aliphatic rings. The van der Waals surface area contributed by atoms with Gasteiger partial charge in [0.25, 0.3) is 17.4 Å². The molecule has 0 radical (unpaired) electrons. The van der Waals surface area contributed by atoms with E-state index < -0.39 is 39.1 Å². The Bertz CT molecular complexity index is 1500. The maximum Gasteiger partial charge on any atom is 0.323 e. The molecule has 11 nitrogen and oxygen atoms in total. The first-order valence-electron chi connectivity index (χ1n) is 14.1. The van der Waals surface area contributed by atoms with Gasteiger partial charge < -0.3 is 14.5 Å². The molecule has 1 aromatic carbocycles. The van der Waals surface area contributed by atoms with E-state index in [-0.39, 0.29) is 49.5 Å². The highest BCUT2D eigenvalue weighted by atomic mass is 32.2. The van der Waals surface area contributed by atoms with Crippen LogP contribution in [0.25, 0.3) is 0 Å². The van der Waals surface area contributed by atoms with Gasteiger partial charge in [-0.2, -0.15) is 0 Å². The summed E-state index contributed by atoms with van der Waals surface area (Å²) in [6.07, 6.45) is 4.92. The fourth-order valence-electron chi connectivity index (χ4n) is 5.58. The second-order valence-corrected chi connectivity index (χ2v) is 13.0. The highest BCUT2D eigenvalue weighted by Gasteiger charge is 2.44. The normalized spacial score (nSPS) is 19.3. The van der Waals surface area contributed by atoms with Crippen molar-refractivity contribution in [3.05, 3.63) is 52.4 Å². The van der Waals surface area contributed by atoms with Crippen LogP contribution in [0.2, 0.25) is 0 Å². The number of hydrogen-bond donors (Lipinski definition) is 2. The fraction of sp³-hybridized carbons (Fsp3) is 0.536. The van der Waals surface area contributed by atoms with Gasteiger partial charge in [-0.1, -0.05) is 0 Å². The number of nitrogens with one attached hydrogen (secondary N) is 2. The first kappa shape index (κ1) is 29.8. The molecule has 2 N–H and O–H groups in total. The van der Waals surface area contributed by atoms with E-state index in [4.69, 9.17) is 4.74 Å². The summed E-state index contributed by atoms with van der Waals surface area (Å²) in [7, 11) is -4.06. The maximum absolute atomic E-state index is 13.6. The first-order valence-corrected chi connectivity index (χ1v) is 15.8. The average molecular weight is 608 g/mol. The molecule has 1 aliphatic carbocycles. The molecule has 1 saturated carbocycles. The van der Waals surface area contributed by atoms with E-state index in [0.29, 0.717) is 24.2 Å².